The highest BCUT2D eigenvalue weighted by Crippen LogP contribution is 2.33. The number of amides is 1. The predicted octanol–water partition coefficient (Wildman–Crippen LogP) is 3.99. The Hall–Kier alpha value is -1.87. The van der Waals surface area contributed by atoms with E-state index in [2.05, 4.69) is 0 Å². The standard InChI is InChI=1S/C16H13ClFNO/c1-10-3-2-4-11-7-8-19(15(10)11)16(20)13-9-12(17)5-6-14(13)18/h2-6,9H,7-8H2,1H3. The molecule has 0 atom stereocenters. The van der Waals surface area contributed by atoms with E-state index in [4.69, 9.17) is 11.6 Å². The summed E-state index contributed by atoms with van der Waals surface area (Å²) >= 11 is 5.86. The molecule has 0 aliphatic carbocycles. The molecular weight excluding hydrogens is 277 g/mol. The van der Waals surface area contributed by atoms with Gasteiger partial charge in [-0.25, -0.2) is 4.39 Å². The lowest BCUT2D eigenvalue weighted by Crippen LogP contribution is -2.30. The molecule has 0 radical (unpaired) electrons. The minimum atomic E-state index is -0.540. The third-order valence-electron chi connectivity index (χ3n) is 3.60. The number of carbonyl (C=O) groups excluding carboxylic acids is 1. The minimum Gasteiger partial charge on any atom is -0.307 e. The zero-order valence-corrected chi connectivity index (χ0v) is 11.7. The first kappa shape index (κ1) is 13.1. The first-order valence-electron chi connectivity index (χ1n) is 6.43. The number of para-hydroxylation sites is 1. The van der Waals surface area contributed by atoms with Crippen LogP contribution in [0.2, 0.25) is 5.02 Å². The van der Waals surface area contributed by atoms with Crippen LogP contribution in [0.15, 0.2) is 36.4 Å². The lowest BCUT2D eigenvalue weighted by atomic mass is 10.1. The quantitative estimate of drug-likeness (QED) is 0.777. The molecule has 3 rings (SSSR count). The number of halogens is 2. The van der Waals surface area contributed by atoms with Crippen molar-refractivity contribution in [3.05, 3.63) is 63.9 Å². The lowest BCUT2D eigenvalue weighted by molar-refractivity contribution is 0.0985. The van der Waals surface area contributed by atoms with Crippen LogP contribution in [-0.4, -0.2) is 12.5 Å². The van der Waals surface area contributed by atoms with Crippen LogP contribution >= 0.6 is 11.6 Å². The highest BCUT2D eigenvalue weighted by Gasteiger charge is 2.28. The van der Waals surface area contributed by atoms with Crippen LogP contribution in [0.3, 0.4) is 0 Å². The second-order valence-corrected chi connectivity index (χ2v) is 5.35. The Balaban J connectivity index is 2.04. The van der Waals surface area contributed by atoms with E-state index in [0.717, 1.165) is 23.2 Å². The van der Waals surface area contributed by atoms with E-state index in [0.29, 0.717) is 11.6 Å². The lowest BCUT2D eigenvalue weighted by Gasteiger charge is -2.19. The molecule has 4 heteroatoms. The fraction of sp³-hybridized carbons (Fsp3) is 0.188. The van der Waals surface area contributed by atoms with E-state index in [1.165, 1.54) is 18.2 Å². The van der Waals surface area contributed by atoms with E-state index in [1.54, 1.807) is 4.90 Å². The molecule has 20 heavy (non-hydrogen) atoms. The molecule has 0 fully saturated rings. The summed E-state index contributed by atoms with van der Waals surface area (Å²) in [6, 6.07) is 9.99. The van der Waals surface area contributed by atoms with Crippen molar-refractivity contribution in [2.24, 2.45) is 0 Å². The van der Waals surface area contributed by atoms with Gasteiger partial charge >= 0.3 is 0 Å². The van der Waals surface area contributed by atoms with Crippen molar-refractivity contribution in [3.8, 4) is 0 Å². The van der Waals surface area contributed by atoms with Crippen LogP contribution in [0.4, 0.5) is 10.1 Å². The van der Waals surface area contributed by atoms with Gasteiger partial charge in [0.05, 0.1) is 11.3 Å². The zero-order chi connectivity index (χ0) is 14.3. The number of aryl methyl sites for hydroxylation is 1. The highest BCUT2D eigenvalue weighted by molar-refractivity contribution is 6.31. The molecule has 0 aromatic heterocycles. The second kappa shape index (κ2) is 4.91. The first-order valence-corrected chi connectivity index (χ1v) is 6.81. The van der Waals surface area contributed by atoms with Gasteiger partial charge in [0.1, 0.15) is 5.82 Å². The summed E-state index contributed by atoms with van der Waals surface area (Å²) in [6.07, 6.45) is 0.797. The number of anilines is 1. The van der Waals surface area contributed by atoms with Crippen molar-refractivity contribution < 1.29 is 9.18 Å². The summed E-state index contributed by atoms with van der Waals surface area (Å²) in [5, 5.41) is 0.360. The van der Waals surface area contributed by atoms with Gasteiger partial charge in [0, 0.05) is 11.6 Å². The van der Waals surface area contributed by atoms with E-state index >= 15 is 0 Å². The Bertz CT molecular complexity index is 699. The number of nitrogens with zero attached hydrogens (tertiary/aromatic N) is 1. The fourth-order valence-corrected chi connectivity index (χ4v) is 2.83. The molecule has 2 nitrogen and oxygen atoms in total. The van der Waals surface area contributed by atoms with Gasteiger partial charge in [-0.05, 0) is 42.7 Å². The smallest absolute Gasteiger partial charge is 0.261 e. The van der Waals surface area contributed by atoms with Gasteiger partial charge in [0.15, 0.2) is 0 Å². The summed E-state index contributed by atoms with van der Waals surface area (Å²) in [5.41, 5.74) is 3.07. The number of hydrogen-bond donors (Lipinski definition) is 0. The summed E-state index contributed by atoms with van der Waals surface area (Å²) in [7, 11) is 0. The SMILES string of the molecule is Cc1cccc2c1N(C(=O)c1cc(Cl)ccc1F)CC2. The van der Waals surface area contributed by atoms with Crippen LogP contribution in [0.25, 0.3) is 0 Å². The predicted molar refractivity (Wildman–Crippen MR) is 78.0 cm³/mol. The first-order chi connectivity index (χ1) is 9.58. The third kappa shape index (κ3) is 2.08. The second-order valence-electron chi connectivity index (χ2n) is 4.91. The van der Waals surface area contributed by atoms with Crippen LogP contribution in [0, 0.1) is 12.7 Å². The molecule has 0 saturated heterocycles. The van der Waals surface area contributed by atoms with Gasteiger partial charge in [0.2, 0.25) is 0 Å². The van der Waals surface area contributed by atoms with E-state index in [-0.39, 0.29) is 11.5 Å². The molecule has 0 N–H and O–H groups in total. The maximum atomic E-state index is 13.8. The number of fused-ring (bicyclic) bond motifs is 1. The zero-order valence-electron chi connectivity index (χ0n) is 11.0. The van der Waals surface area contributed by atoms with Crippen molar-refractivity contribution in [1.82, 2.24) is 0 Å². The Morgan fingerprint density at radius 2 is 2.10 bits per heavy atom. The molecule has 2 aromatic rings. The average Bonchev–Trinajstić information content (AvgIpc) is 2.86. The molecule has 1 heterocycles. The Labute approximate surface area is 121 Å². The molecule has 0 spiro atoms. The maximum absolute atomic E-state index is 13.8. The summed E-state index contributed by atoms with van der Waals surface area (Å²) in [4.78, 5) is 14.2. The molecule has 1 aliphatic rings. The van der Waals surface area contributed by atoms with Crippen LogP contribution in [0.1, 0.15) is 21.5 Å². The minimum absolute atomic E-state index is 0.0219. The topological polar surface area (TPSA) is 20.3 Å². The number of carbonyl (C=O) groups is 1. The van der Waals surface area contributed by atoms with Gasteiger partial charge < -0.3 is 4.90 Å². The molecule has 0 unspecified atom stereocenters. The summed E-state index contributed by atoms with van der Waals surface area (Å²) in [6.45, 7) is 2.53. The summed E-state index contributed by atoms with van der Waals surface area (Å²) < 4.78 is 13.8. The number of rotatable bonds is 1. The number of hydrogen-bond acceptors (Lipinski definition) is 1. The Kier molecular flexibility index (Phi) is 3.22. The van der Waals surface area contributed by atoms with Crippen molar-refractivity contribution in [1.29, 1.82) is 0 Å². The van der Waals surface area contributed by atoms with E-state index in [1.807, 2.05) is 25.1 Å². The van der Waals surface area contributed by atoms with Crippen LogP contribution < -0.4 is 4.90 Å². The molecule has 1 aliphatic heterocycles. The normalized spacial score (nSPS) is 13.4. The largest absolute Gasteiger partial charge is 0.307 e. The van der Waals surface area contributed by atoms with Crippen LogP contribution in [-0.2, 0) is 6.42 Å². The van der Waals surface area contributed by atoms with Crippen molar-refractivity contribution in [2.75, 3.05) is 11.4 Å². The maximum Gasteiger partial charge on any atom is 0.261 e. The van der Waals surface area contributed by atoms with Gasteiger partial charge in [-0.15, -0.1) is 0 Å². The molecule has 0 bridgehead atoms. The molecular formula is C16H13ClFNO. The van der Waals surface area contributed by atoms with E-state index in [9.17, 15) is 9.18 Å². The van der Waals surface area contributed by atoms with Gasteiger partial charge in [0.25, 0.3) is 5.91 Å². The monoisotopic (exact) mass is 289 g/mol. The summed E-state index contributed by atoms with van der Waals surface area (Å²) in [5.74, 6) is -0.875. The van der Waals surface area contributed by atoms with Gasteiger partial charge in [-0.2, -0.15) is 0 Å². The molecule has 1 amide bonds. The van der Waals surface area contributed by atoms with Crippen molar-refractivity contribution in [3.63, 3.8) is 0 Å². The molecule has 0 saturated carbocycles. The van der Waals surface area contributed by atoms with Crippen molar-refractivity contribution in [2.45, 2.75) is 13.3 Å². The Morgan fingerprint density at radius 3 is 2.90 bits per heavy atom. The molecule has 2 aromatic carbocycles. The fourth-order valence-electron chi connectivity index (χ4n) is 2.66. The van der Waals surface area contributed by atoms with Crippen molar-refractivity contribution >= 4 is 23.2 Å². The Morgan fingerprint density at radius 1 is 1.30 bits per heavy atom. The van der Waals surface area contributed by atoms with E-state index < -0.39 is 5.82 Å². The van der Waals surface area contributed by atoms with Crippen LogP contribution in [0.5, 0.6) is 0 Å². The molecule has 102 valence electrons. The average molecular weight is 290 g/mol. The highest BCUT2D eigenvalue weighted by atomic mass is 35.5. The number of benzene rings is 2. The van der Waals surface area contributed by atoms with Gasteiger partial charge in [-0.3, -0.25) is 4.79 Å². The van der Waals surface area contributed by atoms with Gasteiger partial charge in [-0.1, -0.05) is 29.8 Å². The third-order valence-corrected chi connectivity index (χ3v) is 3.84.